The molecule has 20 heavy (non-hydrogen) atoms. The largest absolute Gasteiger partial charge is 0.357 e. The number of aliphatic imine (C=N–C) groups is 2. The summed E-state index contributed by atoms with van der Waals surface area (Å²) >= 11 is 0. The summed E-state index contributed by atoms with van der Waals surface area (Å²) in [6.07, 6.45) is 7.76. The molecule has 0 amide bonds. The van der Waals surface area contributed by atoms with Crippen molar-refractivity contribution in [2.75, 3.05) is 13.1 Å². The van der Waals surface area contributed by atoms with Gasteiger partial charge in [0.25, 0.3) is 0 Å². The van der Waals surface area contributed by atoms with Crippen LogP contribution in [0.2, 0.25) is 0 Å². The summed E-state index contributed by atoms with van der Waals surface area (Å²) in [6, 6.07) is 2.80. The van der Waals surface area contributed by atoms with Crippen molar-refractivity contribution >= 4 is 11.7 Å². The second-order valence-corrected chi connectivity index (χ2v) is 7.58. The van der Waals surface area contributed by atoms with Crippen LogP contribution < -0.4 is 0 Å². The lowest BCUT2D eigenvalue weighted by atomic mass is 9.89. The number of amidine groups is 2. The molecule has 0 aromatic carbocycles. The maximum absolute atomic E-state index is 5.19. The van der Waals surface area contributed by atoms with Gasteiger partial charge in [0.1, 0.15) is 0 Å². The summed E-state index contributed by atoms with van der Waals surface area (Å²) in [5.74, 6) is 4.53. The number of hydrogen-bond donors (Lipinski definition) is 0. The zero-order valence-electron chi connectivity index (χ0n) is 11.9. The third kappa shape index (κ3) is 1.09. The predicted molar refractivity (Wildman–Crippen MR) is 78.1 cm³/mol. The minimum Gasteiger partial charge on any atom is -0.357 e. The molecule has 0 bridgehead atoms. The van der Waals surface area contributed by atoms with Gasteiger partial charge in [-0.15, -0.1) is 0 Å². The van der Waals surface area contributed by atoms with E-state index in [-0.39, 0.29) is 0 Å². The molecule has 4 aliphatic heterocycles. The predicted octanol–water partition coefficient (Wildman–Crippen LogP) is 1.52. The number of hydrogen-bond acceptors (Lipinski definition) is 4. The fourth-order valence-electron chi connectivity index (χ4n) is 6.34. The molecule has 0 spiro atoms. The highest BCUT2D eigenvalue weighted by Gasteiger charge is 2.62. The quantitative estimate of drug-likeness (QED) is 0.668. The summed E-state index contributed by atoms with van der Waals surface area (Å²) in [5.41, 5.74) is 0. The molecule has 4 heteroatoms. The van der Waals surface area contributed by atoms with E-state index in [4.69, 9.17) is 9.98 Å². The number of fused-ring (bicyclic) bond motifs is 4. The monoisotopic (exact) mass is 270 g/mol. The van der Waals surface area contributed by atoms with Crippen molar-refractivity contribution in [3.05, 3.63) is 0 Å². The molecule has 2 saturated heterocycles. The second kappa shape index (κ2) is 3.40. The molecule has 6 aliphatic rings. The van der Waals surface area contributed by atoms with Crippen LogP contribution in [-0.2, 0) is 0 Å². The van der Waals surface area contributed by atoms with Gasteiger partial charge in [-0.2, -0.15) is 0 Å². The third-order valence-corrected chi connectivity index (χ3v) is 6.88. The van der Waals surface area contributed by atoms with Gasteiger partial charge in [0.15, 0.2) is 0 Å². The Balaban J connectivity index is 1.48. The van der Waals surface area contributed by atoms with Gasteiger partial charge in [-0.05, 0) is 25.7 Å². The van der Waals surface area contributed by atoms with Gasteiger partial charge in [0.2, 0.25) is 0 Å². The van der Waals surface area contributed by atoms with Crippen molar-refractivity contribution in [1.29, 1.82) is 0 Å². The molecule has 4 heterocycles. The SMILES string of the molecule is C1CC2=N[C@H]3C[C@@H]4[C@@H]5[C@H]3[C@@H](C[C@@H]5N=C3CCCN34)N2C1. The van der Waals surface area contributed by atoms with Gasteiger partial charge in [0.05, 0.1) is 23.8 Å². The Morgan fingerprint density at radius 1 is 0.750 bits per heavy atom. The molecule has 0 N–H and O–H groups in total. The first-order valence-corrected chi connectivity index (χ1v) is 8.57. The molecule has 2 aliphatic carbocycles. The van der Waals surface area contributed by atoms with Gasteiger partial charge < -0.3 is 9.80 Å². The van der Waals surface area contributed by atoms with Crippen LogP contribution in [0.3, 0.4) is 0 Å². The molecular formula is C16H22N4. The van der Waals surface area contributed by atoms with E-state index in [1.54, 1.807) is 0 Å². The third-order valence-electron chi connectivity index (χ3n) is 6.88. The molecular weight excluding hydrogens is 248 g/mol. The molecule has 4 nitrogen and oxygen atoms in total. The van der Waals surface area contributed by atoms with Crippen LogP contribution in [-0.4, -0.2) is 58.7 Å². The van der Waals surface area contributed by atoms with Crippen molar-refractivity contribution in [2.24, 2.45) is 21.8 Å². The Morgan fingerprint density at radius 2 is 1.25 bits per heavy atom. The van der Waals surface area contributed by atoms with Crippen LogP contribution in [0.15, 0.2) is 9.98 Å². The van der Waals surface area contributed by atoms with E-state index in [1.165, 1.54) is 63.3 Å². The second-order valence-electron chi connectivity index (χ2n) is 7.58. The zero-order chi connectivity index (χ0) is 12.8. The number of nitrogens with zero attached hydrogens (tertiary/aromatic N) is 4. The molecule has 2 saturated carbocycles. The molecule has 0 aromatic rings. The van der Waals surface area contributed by atoms with Crippen molar-refractivity contribution < 1.29 is 0 Å². The molecule has 0 unspecified atom stereocenters. The Bertz CT molecular complexity index is 491. The van der Waals surface area contributed by atoms with Gasteiger partial charge in [-0.1, -0.05) is 0 Å². The Hall–Kier alpha value is -1.06. The first kappa shape index (κ1) is 10.6. The fourth-order valence-corrected chi connectivity index (χ4v) is 6.34. The first-order chi connectivity index (χ1) is 9.90. The normalized spacial score (nSPS) is 50.8. The van der Waals surface area contributed by atoms with Crippen LogP contribution in [0, 0.1) is 11.8 Å². The molecule has 106 valence electrons. The minimum atomic E-state index is 0.625. The Kier molecular flexibility index (Phi) is 1.81. The van der Waals surface area contributed by atoms with Crippen molar-refractivity contribution in [3.8, 4) is 0 Å². The van der Waals surface area contributed by atoms with Crippen LogP contribution in [0.4, 0.5) is 0 Å². The van der Waals surface area contributed by atoms with Gasteiger partial charge in [-0.25, -0.2) is 0 Å². The van der Waals surface area contributed by atoms with E-state index < -0.39 is 0 Å². The fraction of sp³-hybridized carbons (Fsp3) is 0.875. The van der Waals surface area contributed by atoms with E-state index in [1.807, 2.05) is 0 Å². The summed E-state index contributed by atoms with van der Waals surface area (Å²) in [5, 5.41) is 0. The maximum Gasteiger partial charge on any atom is 0.0995 e. The molecule has 6 atom stereocenters. The highest BCUT2D eigenvalue weighted by atomic mass is 15.3. The Labute approximate surface area is 119 Å². The number of rotatable bonds is 0. The highest BCUT2D eigenvalue weighted by Crippen LogP contribution is 2.55. The van der Waals surface area contributed by atoms with Crippen molar-refractivity contribution in [3.63, 3.8) is 0 Å². The van der Waals surface area contributed by atoms with Crippen molar-refractivity contribution in [2.45, 2.75) is 62.7 Å². The highest BCUT2D eigenvalue weighted by molar-refractivity contribution is 5.87. The van der Waals surface area contributed by atoms with E-state index in [0.29, 0.717) is 12.1 Å². The summed E-state index contributed by atoms with van der Waals surface area (Å²) < 4.78 is 0. The summed E-state index contributed by atoms with van der Waals surface area (Å²) in [7, 11) is 0. The Morgan fingerprint density at radius 3 is 1.75 bits per heavy atom. The topological polar surface area (TPSA) is 31.2 Å². The lowest BCUT2D eigenvalue weighted by molar-refractivity contribution is 0.197. The average Bonchev–Trinajstić information content (AvgIpc) is 3.19. The lowest BCUT2D eigenvalue weighted by Crippen LogP contribution is -2.47. The van der Waals surface area contributed by atoms with E-state index in [9.17, 15) is 0 Å². The smallest absolute Gasteiger partial charge is 0.0995 e. The maximum atomic E-state index is 5.19. The van der Waals surface area contributed by atoms with Gasteiger partial charge >= 0.3 is 0 Å². The average molecular weight is 270 g/mol. The summed E-state index contributed by atoms with van der Waals surface area (Å²) in [6.45, 7) is 2.52. The van der Waals surface area contributed by atoms with Crippen LogP contribution >= 0.6 is 0 Å². The first-order valence-electron chi connectivity index (χ1n) is 8.57. The molecule has 6 rings (SSSR count). The van der Waals surface area contributed by atoms with Gasteiger partial charge in [-0.3, -0.25) is 9.98 Å². The zero-order valence-corrected chi connectivity index (χ0v) is 11.9. The van der Waals surface area contributed by atoms with Gasteiger partial charge in [0, 0.05) is 49.9 Å². The van der Waals surface area contributed by atoms with Crippen LogP contribution in [0.5, 0.6) is 0 Å². The standard InChI is InChI=1S/C16H22N4/c1-3-13-17-9-8-12-16-10(18-14-4-2-6-20(12)14)7-11(15(9)16)19(13)5-1/h9-12,15-16H,1-8H2/t9-,10-,11+,12+,15+,16+/m0/s1. The molecule has 4 fully saturated rings. The minimum absolute atomic E-state index is 0.625. The van der Waals surface area contributed by atoms with Crippen LogP contribution in [0.25, 0.3) is 0 Å². The van der Waals surface area contributed by atoms with E-state index in [0.717, 1.165) is 23.9 Å². The summed E-state index contributed by atoms with van der Waals surface area (Å²) in [4.78, 5) is 15.7. The molecule has 0 aromatic heterocycles. The lowest BCUT2D eigenvalue weighted by Gasteiger charge is -2.38. The van der Waals surface area contributed by atoms with Crippen molar-refractivity contribution in [1.82, 2.24) is 9.80 Å². The van der Waals surface area contributed by atoms with Crippen LogP contribution in [0.1, 0.15) is 38.5 Å². The van der Waals surface area contributed by atoms with E-state index >= 15 is 0 Å². The van der Waals surface area contributed by atoms with E-state index in [2.05, 4.69) is 9.80 Å². The molecule has 0 radical (unpaired) electrons.